The van der Waals surface area contributed by atoms with Gasteiger partial charge in [-0.25, -0.2) is 0 Å². The van der Waals surface area contributed by atoms with E-state index in [2.05, 4.69) is 5.32 Å². The molecule has 1 aliphatic carbocycles. The van der Waals surface area contributed by atoms with Crippen molar-refractivity contribution >= 4 is 0 Å². The Morgan fingerprint density at radius 1 is 1.33 bits per heavy atom. The summed E-state index contributed by atoms with van der Waals surface area (Å²) in [6, 6.07) is 1.04. The van der Waals surface area contributed by atoms with E-state index in [0.717, 1.165) is 25.8 Å². The third-order valence-electron chi connectivity index (χ3n) is 3.02. The molecule has 0 radical (unpaired) electrons. The molecule has 70 valence electrons. The standard InChI is InChI=1S/C9H18N2O/c10-9-6-12-5-7(9)4-11-8-2-1-3-8/h7-9,11H,1-6,10H2. The number of rotatable bonds is 3. The summed E-state index contributed by atoms with van der Waals surface area (Å²) in [4.78, 5) is 0. The molecule has 0 amide bonds. The molecule has 0 aromatic rings. The van der Waals surface area contributed by atoms with Crippen molar-refractivity contribution in [1.29, 1.82) is 0 Å². The summed E-state index contributed by atoms with van der Waals surface area (Å²) >= 11 is 0. The average molecular weight is 170 g/mol. The summed E-state index contributed by atoms with van der Waals surface area (Å²) in [5.74, 6) is 0.547. The molecule has 0 bridgehead atoms. The third kappa shape index (κ3) is 1.79. The van der Waals surface area contributed by atoms with Gasteiger partial charge in [0.1, 0.15) is 0 Å². The lowest BCUT2D eigenvalue weighted by atomic mass is 9.92. The Balaban J connectivity index is 1.64. The van der Waals surface area contributed by atoms with E-state index in [-0.39, 0.29) is 6.04 Å². The summed E-state index contributed by atoms with van der Waals surface area (Å²) in [7, 11) is 0. The summed E-state index contributed by atoms with van der Waals surface area (Å²) in [6.07, 6.45) is 4.09. The van der Waals surface area contributed by atoms with Gasteiger partial charge in [-0.05, 0) is 12.8 Å². The predicted octanol–water partition coefficient (Wildman–Crippen LogP) is 0.102. The van der Waals surface area contributed by atoms with Crippen LogP contribution in [-0.2, 0) is 4.74 Å². The normalized spacial score (nSPS) is 36.8. The average Bonchev–Trinajstić information content (AvgIpc) is 2.33. The molecule has 2 fully saturated rings. The largest absolute Gasteiger partial charge is 0.379 e. The Morgan fingerprint density at radius 3 is 2.67 bits per heavy atom. The number of hydrogen-bond donors (Lipinski definition) is 2. The van der Waals surface area contributed by atoms with E-state index >= 15 is 0 Å². The van der Waals surface area contributed by atoms with Gasteiger partial charge >= 0.3 is 0 Å². The summed E-state index contributed by atoms with van der Waals surface area (Å²) in [5, 5.41) is 3.53. The van der Waals surface area contributed by atoms with Crippen molar-refractivity contribution in [2.45, 2.75) is 31.3 Å². The zero-order chi connectivity index (χ0) is 8.39. The molecular formula is C9H18N2O. The lowest BCUT2D eigenvalue weighted by Gasteiger charge is -2.28. The highest BCUT2D eigenvalue weighted by Gasteiger charge is 2.26. The Bertz CT molecular complexity index is 147. The van der Waals surface area contributed by atoms with Gasteiger partial charge in [0.15, 0.2) is 0 Å². The Hall–Kier alpha value is -0.120. The predicted molar refractivity (Wildman–Crippen MR) is 47.9 cm³/mol. The number of ether oxygens (including phenoxy) is 1. The molecule has 0 spiro atoms. The van der Waals surface area contributed by atoms with Gasteiger partial charge in [-0.3, -0.25) is 0 Å². The fourth-order valence-electron chi connectivity index (χ4n) is 1.76. The number of hydrogen-bond acceptors (Lipinski definition) is 3. The highest BCUT2D eigenvalue weighted by molar-refractivity contribution is 4.83. The maximum atomic E-state index is 5.86. The van der Waals surface area contributed by atoms with Crippen LogP contribution >= 0.6 is 0 Å². The summed E-state index contributed by atoms with van der Waals surface area (Å²) in [6.45, 7) is 2.64. The van der Waals surface area contributed by atoms with E-state index < -0.39 is 0 Å². The SMILES string of the molecule is NC1COCC1CNC1CCC1. The molecule has 0 aromatic carbocycles. The van der Waals surface area contributed by atoms with Crippen molar-refractivity contribution < 1.29 is 4.74 Å². The van der Waals surface area contributed by atoms with Crippen LogP contribution in [0.3, 0.4) is 0 Å². The van der Waals surface area contributed by atoms with E-state index in [1.165, 1.54) is 19.3 Å². The fraction of sp³-hybridized carbons (Fsp3) is 1.00. The van der Waals surface area contributed by atoms with Gasteiger partial charge in [0.25, 0.3) is 0 Å². The number of nitrogens with two attached hydrogens (primary N) is 1. The summed E-state index contributed by atoms with van der Waals surface area (Å²) < 4.78 is 5.29. The highest BCUT2D eigenvalue weighted by Crippen LogP contribution is 2.19. The van der Waals surface area contributed by atoms with Crippen LogP contribution < -0.4 is 11.1 Å². The van der Waals surface area contributed by atoms with Gasteiger partial charge in [-0.2, -0.15) is 0 Å². The molecule has 3 N–H and O–H groups in total. The first-order valence-corrected chi connectivity index (χ1v) is 4.93. The van der Waals surface area contributed by atoms with Gasteiger partial charge < -0.3 is 15.8 Å². The molecule has 2 unspecified atom stereocenters. The van der Waals surface area contributed by atoms with Gasteiger partial charge in [0, 0.05) is 24.5 Å². The van der Waals surface area contributed by atoms with E-state index in [0.29, 0.717) is 5.92 Å². The van der Waals surface area contributed by atoms with Crippen molar-refractivity contribution in [3.8, 4) is 0 Å². The van der Waals surface area contributed by atoms with Gasteiger partial charge in [0.2, 0.25) is 0 Å². The molecule has 2 atom stereocenters. The molecule has 1 saturated heterocycles. The van der Waals surface area contributed by atoms with Crippen LogP contribution in [0, 0.1) is 5.92 Å². The van der Waals surface area contributed by atoms with Gasteiger partial charge in [0.05, 0.1) is 13.2 Å². The third-order valence-corrected chi connectivity index (χ3v) is 3.02. The van der Waals surface area contributed by atoms with Crippen molar-refractivity contribution in [1.82, 2.24) is 5.32 Å². The molecule has 3 nitrogen and oxygen atoms in total. The first-order valence-electron chi connectivity index (χ1n) is 4.93. The Labute approximate surface area is 73.7 Å². The minimum Gasteiger partial charge on any atom is -0.379 e. The van der Waals surface area contributed by atoms with E-state index in [1.807, 2.05) is 0 Å². The van der Waals surface area contributed by atoms with E-state index in [9.17, 15) is 0 Å². The van der Waals surface area contributed by atoms with Crippen molar-refractivity contribution in [3.05, 3.63) is 0 Å². The van der Waals surface area contributed by atoms with E-state index in [1.54, 1.807) is 0 Å². The zero-order valence-electron chi connectivity index (χ0n) is 7.46. The van der Waals surface area contributed by atoms with Crippen LogP contribution in [0.1, 0.15) is 19.3 Å². The van der Waals surface area contributed by atoms with Crippen LogP contribution in [0.4, 0.5) is 0 Å². The Kier molecular flexibility index (Phi) is 2.63. The molecule has 12 heavy (non-hydrogen) atoms. The lowest BCUT2D eigenvalue weighted by Crippen LogP contribution is -2.42. The molecule has 1 aliphatic heterocycles. The first kappa shape index (κ1) is 8.48. The molecule has 2 rings (SSSR count). The zero-order valence-corrected chi connectivity index (χ0v) is 7.46. The van der Waals surface area contributed by atoms with Crippen LogP contribution in [0.5, 0.6) is 0 Å². The molecular weight excluding hydrogens is 152 g/mol. The van der Waals surface area contributed by atoms with Gasteiger partial charge in [-0.1, -0.05) is 6.42 Å². The monoisotopic (exact) mass is 170 g/mol. The lowest BCUT2D eigenvalue weighted by molar-refractivity contribution is 0.182. The fourth-order valence-corrected chi connectivity index (χ4v) is 1.76. The highest BCUT2D eigenvalue weighted by atomic mass is 16.5. The van der Waals surface area contributed by atoms with Crippen molar-refractivity contribution in [2.75, 3.05) is 19.8 Å². The maximum absolute atomic E-state index is 5.86. The second-order valence-electron chi connectivity index (χ2n) is 4.00. The van der Waals surface area contributed by atoms with Crippen molar-refractivity contribution in [3.63, 3.8) is 0 Å². The van der Waals surface area contributed by atoms with Crippen LogP contribution in [0.15, 0.2) is 0 Å². The second-order valence-corrected chi connectivity index (χ2v) is 4.00. The summed E-state index contributed by atoms with van der Waals surface area (Å²) in [5.41, 5.74) is 5.86. The Morgan fingerprint density at radius 2 is 2.17 bits per heavy atom. The topological polar surface area (TPSA) is 47.3 Å². The molecule has 2 aliphatic rings. The van der Waals surface area contributed by atoms with Crippen molar-refractivity contribution in [2.24, 2.45) is 11.7 Å². The maximum Gasteiger partial charge on any atom is 0.0621 e. The minimum atomic E-state index is 0.262. The molecule has 3 heteroatoms. The van der Waals surface area contributed by atoms with Crippen LogP contribution in [0.25, 0.3) is 0 Å². The molecule has 1 heterocycles. The molecule has 0 aromatic heterocycles. The first-order chi connectivity index (χ1) is 5.86. The second kappa shape index (κ2) is 3.73. The molecule has 1 saturated carbocycles. The smallest absolute Gasteiger partial charge is 0.0621 e. The number of nitrogens with one attached hydrogen (secondary N) is 1. The minimum absolute atomic E-state index is 0.262. The van der Waals surface area contributed by atoms with Gasteiger partial charge in [-0.15, -0.1) is 0 Å². The quantitative estimate of drug-likeness (QED) is 0.631. The van der Waals surface area contributed by atoms with E-state index in [4.69, 9.17) is 10.5 Å². The van der Waals surface area contributed by atoms with Crippen LogP contribution in [0.2, 0.25) is 0 Å². The van der Waals surface area contributed by atoms with Crippen LogP contribution in [-0.4, -0.2) is 31.8 Å².